The number of aromatic nitrogens is 3. The Bertz CT molecular complexity index is 792. The van der Waals surface area contributed by atoms with E-state index >= 15 is 0 Å². The number of rotatable bonds is 4. The molecule has 3 rings (SSSR count). The van der Waals surface area contributed by atoms with Gasteiger partial charge in [-0.05, 0) is 12.5 Å². The SMILES string of the molecule is CC(=O)N1CCN(C(=NCc2ccccc2)NCc2nnc(C)n2C)CC1. The van der Waals surface area contributed by atoms with E-state index in [4.69, 9.17) is 4.99 Å². The van der Waals surface area contributed by atoms with Crippen LogP contribution in [0.4, 0.5) is 0 Å². The maximum absolute atomic E-state index is 11.6. The summed E-state index contributed by atoms with van der Waals surface area (Å²) in [6.45, 7) is 7.66. The van der Waals surface area contributed by atoms with E-state index in [1.807, 2.05) is 41.6 Å². The first-order valence-electron chi connectivity index (χ1n) is 9.22. The maximum Gasteiger partial charge on any atom is 0.219 e. The molecule has 2 aromatic rings. The zero-order chi connectivity index (χ0) is 19.2. The third kappa shape index (κ3) is 4.84. The highest BCUT2D eigenvalue weighted by molar-refractivity contribution is 5.80. The third-order valence-electron chi connectivity index (χ3n) is 4.87. The Kier molecular flexibility index (Phi) is 6.05. The molecule has 27 heavy (non-hydrogen) atoms. The molecule has 1 aliphatic heterocycles. The van der Waals surface area contributed by atoms with Gasteiger partial charge in [0.05, 0.1) is 13.1 Å². The molecule has 8 heteroatoms. The van der Waals surface area contributed by atoms with E-state index in [0.717, 1.165) is 36.3 Å². The van der Waals surface area contributed by atoms with Gasteiger partial charge in [0.25, 0.3) is 0 Å². The van der Waals surface area contributed by atoms with Crippen LogP contribution in [-0.4, -0.2) is 62.6 Å². The molecule has 1 aromatic heterocycles. The van der Waals surface area contributed by atoms with Crippen LogP contribution in [0.15, 0.2) is 35.3 Å². The number of aliphatic imine (C=N–C) groups is 1. The van der Waals surface area contributed by atoms with Gasteiger partial charge in [0.2, 0.25) is 5.91 Å². The van der Waals surface area contributed by atoms with Crippen molar-refractivity contribution >= 4 is 11.9 Å². The van der Waals surface area contributed by atoms with E-state index in [9.17, 15) is 4.79 Å². The number of nitrogens with zero attached hydrogens (tertiary/aromatic N) is 6. The number of hydrogen-bond acceptors (Lipinski definition) is 4. The predicted octanol–water partition coefficient (Wildman–Crippen LogP) is 0.933. The first-order chi connectivity index (χ1) is 13.0. The zero-order valence-corrected chi connectivity index (χ0v) is 16.2. The molecule has 0 spiro atoms. The number of nitrogens with one attached hydrogen (secondary N) is 1. The average molecular weight is 369 g/mol. The molecule has 0 unspecified atom stereocenters. The van der Waals surface area contributed by atoms with Crippen LogP contribution in [0.1, 0.15) is 24.1 Å². The summed E-state index contributed by atoms with van der Waals surface area (Å²) in [6, 6.07) is 10.2. The highest BCUT2D eigenvalue weighted by Crippen LogP contribution is 2.06. The number of carbonyl (C=O) groups is 1. The van der Waals surface area contributed by atoms with Crippen LogP contribution in [0.2, 0.25) is 0 Å². The summed E-state index contributed by atoms with van der Waals surface area (Å²) < 4.78 is 1.97. The quantitative estimate of drug-likeness (QED) is 0.641. The fraction of sp³-hybridized carbons (Fsp3) is 0.474. The average Bonchev–Trinajstić information content (AvgIpc) is 3.01. The molecule has 0 bridgehead atoms. The summed E-state index contributed by atoms with van der Waals surface area (Å²) in [6.07, 6.45) is 0. The minimum Gasteiger partial charge on any atom is -0.349 e. The molecule has 0 saturated carbocycles. The van der Waals surface area contributed by atoms with Crippen molar-refractivity contribution in [2.24, 2.45) is 12.0 Å². The Hall–Kier alpha value is -2.90. The molecule has 1 saturated heterocycles. The van der Waals surface area contributed by atoms with Crippen molar-refractivity contribution in [2.75, 3.05) is 26.2 Å². The van der Waals surface area contributed by atoms with Crippen LogP contribution in [0.25, 0.3) is 0 Å². The normalized spacial score (nSPS) is 15.1. The van der Waals surface area contributed by atoms with Gasteiger partial charge in [0.15, 0.2) is 11.8 Å². The van der Waals surface area contributed by atoms with Crippen LogP contribution in [0.3, 0.4) is 0 Å². The molecular weight excluding hydrogens is 342 g/mol. The fourth-order valence-corrected chi connectivity index (χ4v) is 3.01. The molecule has 1 N–H and O–H groups in total. The Morgan fingerprint density at radius 1 is 1.11 bits per heavy atom. The topological polar surface area (TPSA) is 78.7 Å². The number of amides is 1. The van der Waals surface area contributed by atoms with Crippen molar-refractivity contribution in [1.29, 1.82) is 0 Å². The number of benzene rings is 1. The van der Waals surface area contributed by atoms with Crippen molar-refractivity contribution in [3.05, 3.63) is 47.5 Å². The van der Waals surface area contributed by atoms with Crippen LogP contribution >= 0.6 is 0 Å². The lowest BCUT2D eigenvalue weighted by molar-refractivity contribution is -0.130. The predicted molar refractivity (Wildman–Crippen MR) is 104 cm³/mol. The molecule has 1 amide bonds. The smallest absolute Gasteiger partial charge is 0.219 e. The lowest BCUT2D eigenvalue weighted by Crippen LogP contribution is -2.53. The number of guanidine groups is 1. The van der Waals surface area contributed by atoms with Gasteiger partial charge in [-0.1, -0.05) is 30.3 Å². The summed E-state index contributed by atoms with van der Waals surface area (Å²) in [7, 11) is 1.96. The maximum atomic E-state index is 11.6. The second kappa shape index (κ2) is 8.66. The Labute approximate surface area is 159 Å². The second-order valence-corrected chi connectivity index (χ2v) is 6.69. The van der Waals surface area contributed by atoms with Gasteiger partial charge >= 0.3 is 0 Å². The van der Waals surface area contributed by atoms with E-state index in [0.29, 0.717) is 26.2 Å². The van der Waals surface area contributed by atoms with E-state index < -0.39 is 0 Å². The van der Waals surface area contributed by atoms with Gasteiger partial charge < -0.3 is 19.7 Å². The minimum atomic E-state index is 0.125. The summed E-state index contributed by atoms with van der Waals surface area (Å²) in [5, 5.41) is 11.7. The third-order valence-corrected chi connectivity index (χ3v) is 4.87. The Morgan fingerprint density at radius 2 is 1.78 bits per heavy atom. The second-order valence-electron chi connectivity index (χ2n) is 6.69. The van der Waals surface area contributed by atoms with Crippen LogP contribution in [0.5, 0.6) is 0 Å². The van der Waals surface area contributed by atoms with E-state index in [2.05, 4.69) is 32.5 Å². The van der Waals surface area contributed by atoms with Crippen molar-refractivity contribution < 1.29 is 4.79 Å². The molecule has 1 aliphatic rings. The monoisotopic (exact) mass is 369 g/mol. The van der Waals surface area contributed by atoms with Crippen molar-refractivity contribution in [2.45, 2.75) is 26.9 Å². The van der Waals surface area contributed by atoms with E-state index in [1.165, 1.54) is 0 Å². The summed E-state index contributed by atoms with van der Waals surface area (Å²) in [5.41, 5.74) is 1.16. The van der Waals surface area contributed by atoms with Crippen LogP contribution < -0.4 is 5.32 Å². The van der Waals surface area contributed by atoms with E-state index in [-0.39, 0.29) is 5.91 Å². The summed E-state index contributed by atoms with van der Waals surface area (Å²) >= 11 is 0. The molecule has 144 valence electrons. The molecule has 1 aromatic carbocycles. The highest BCUT2D eigenvalue weighted by atomic mass is 16.2. The van der Waals surface area contributed by atoms with Gasteiger partial charge in [0, 0.05) is 40.2 Å². The molecule has 1 fully saturated rings. The first kappa shape index (κ1) is 18.9. The van der Waals surface area contributed by atoms with Crippen LogP contribution in [0, 0.1) is 6.92 Å². The fourth-order valence-electron chi connectivity index (χ4n) is 3.01. The minimum absolute atomic E-state index is 0.125. The van der Waals surface area contributed by atoms with Gasteiger partial charge in [-0.25, -0.2) is 4.99 Å². The lowest BCUT2D eigenvalue weighted by Gasteiger charge is -2.36. The molecule has 2 heterocycles. The number of carbonyl (C=O) groups excluding carboxylic acids is 1. The van der Waals surface area contributed by atoms with Crippen molar-refractivity contribution in [3.63, 3.8) is 0 Å². The lowest BCUT2D eigenvalue weighted by atomic mass is 10.2. The molecule has 0 aliphatic carbocycles. The molecule has 8 nitrogen and oxygen atoms in total. The largest absolute Gasteiger partial charge is 0.349 e. The van der Waals surface area contributed by atoms with Crippen LogP contribution in [-0.2, 0) is 24.9 Å². The molecule has 0 atom stereocenters. The number of piperazine rings is 1. The molecule has 0 radical (unpaired) electrons. The Balaban J connectivity index is 1.70. The standard InChI is InChI=1S/C19H27N7O/c1-15-22-23-18(24(15)3)14-21-19(20-13-17-7-5-4-6-8-17)26-11-9-25(10-12-26)16(2)27/h4-8H,9-14H2,1-3H3,(H,20,21). The van der Waals surface area contributed by atoms with E-state index in [1.54, 1.807) is 6.92 Å². The Morgan fingerprint density at radius 3 is 2.37 bits per heavy atom. The van der Waals surface area contributed by atoms with Gasteiger partial charge in [-0.15, -0.1) is 10.2 Å². The first-order valence-corrected chi connectivity index (χ1v) is 9.22. The number of aryl methyl sites for hydroxylation is 1. The zero-order valence-electron chi connectivity index (χ0n) is 16.2. The van der Waals surface area contributed by atoms with Crippen molar-refractivity contribution in [3.8, 4) is 0 Å². The van der Waals surface area contributed by atoms with Crippen molar-refractivity contribution in [1.82, 2.24) is 29.9 Å². The van der Waals surface area contributed by atoms with Gasteiger partial charge in [-0.3, -0.25) is 4.79 Å². The highest BCUT2D eigenvalue weighted by Gasteiger charge is 2.21. The van der Waals surface area contributed by atoms with Gasteiger partial charge in [-0.2, -0.15) is 0 Å². The number of hydrogen-bond donors (Lipinski definition) is 1. The summed E-state index contributed by atoms with van der Waals surface area (Å²) in [5.74, 6) is 2.70. The summed E-state index contributed by atoms with van der Waals surface area (Å²) in [4.78, 5) is 20.5. The molecular formula is C19H27N7O. The van der Waals surface area contributed by atoms with Gasteiger partial charge in [0.1, 0.15) is 5.82 Å².